The second-order valence-electron chi connectivity index (χ2n) is 4.56. The number of fused-ring (bicyclic) bond motifs is 1. The highest BCUT2D eigenvalue weighted by molar-refractivity contribution is 5.83. The normalized spacial score (nSPS) is 16.6. The van der Waals surface area contributed by atoms with E-state index in [0.29, 0.717) is 11.6 Å². The van der Waals surface area contributed by atoms with E-state index >= 15 is 0 Å². The van der Waals surface area contributed by atoms with E-state index < -0.39 is 4.92 Å². The third-order valence-corrected chi connectivity index (χ3v) is 3.20. The summed E-state index contributed by atoms with van der Waals surface area (Å²) in [7, 11) is 0. The molecule has 0 atom stereocenters. The molecule has 0 aliphatic carbocycles. The third kappa shape index (κ3) is 2.37. The number of nitrogens with zero attached hydrogens (tertiary/aromatic N) is 3. The third-order valence-electron chi connectivity index (χ3n) is 3.20. The Kier molecular flexibility index (Phi) is 3.04. The van der Waals surface area contributed by atoms with Crippen LogP contribution in [0.15, 0.2) is 22.6 Å². The van der Waals surface area contributed by atoms with Crippen molar-refractivity contribution in [2.24, 2.45) is 0 Å². The SMILES string of the molecule is O=[N+]([O-])c1cccc2oc(NN3CCCCC3)nc12. The van der Waals surface area contributed by atoms with E-state index in [1.54, 1.807) is 12.1 Å². The fourth-order valence-corrected chi connectivity index (χ4v) is 2.27. The molecule has 0 saturated carbocycles. The maximum atomic E-state index is 10.9. The van der Waals surface area contributed by atoms with Crippen molar-refractivity contribution in [2.75, 3.05) is 18.5 Å². The van der Waals surface area contributed by atoms with Gasteiger partial charge in [0.25, 0.3) is 5.69 Å². The molecule has 2 heterocycles. The molecule has 1 aromatic carbocycles. The summed E-state index contributed by atoms with van der Waals surface area (Å²) in [5, 5.41) is 12.9. The summed E-state index contributed by atoms with van der Waals surface area (Å²) in [5.74, 6) is 0. The van der Waals surface area contributed by atoms with Crippen LogP contribution in [0.2, 0.25) is 0 Å². The van der Waals surface area contributed by atoms with E-state index in [9.17, 15) is 10.1 Å². The number of hydrogen-bond donors (Lipinski definition) is 1. The number of nitro benzene ring substituents is 1. The van der Waals surface area contributed by atoms with Gasteiger partial charge in [-0.2, -0.15) is 4.98 Å². The Hall–Kier alpha value is -2.15. The van der Waals surface area contributed by atoms with E-state index in [2.05, 4.69) is 10.4 Å². The highest BCUT2D eigenvalue weighted by Gasteiger charge is 2.19. The molecule has 0 bridgehead atoms. The van der Waals surface area contributed by atoms with Gasteiger partial charge in [-0.3, -0.25) is 15.5 Å². The van der Waals surface area contributed by atoms with E-state index in [0.717, 1.165) is 25.9 Å². The van der Waals surface area contributed by atoms with Crippen LogP contribution in [0.5, 0.6) is 0 Å². The minimum absolute atomic E-state index is 0.0343. The summed E-state index contributed by atoms with van der Waals surface area (Å²) in [6, 6.07) is 5.01. The summed E-state index contributed by atoms with van der Waals surface area (Å²) in [4.78, 5) is 14.6. The molecule has 0 unspecified atom stereocenters. The molecule has 1 aliphatic heterocycles. The average molecular weight is 262 g/mol. The van der Waals surface area contributed by atoms with Crippen molar-refractivity contribution in [1.82, 2.24) is 9.99 Å². The summed E-state index contributed by atoms with van der Waals surface area (Å²) in [6.45, 7) is 1.86. The molecule has 2 aromatic rings. The number of anilines is 1. The molecular weight excluding hydrogens is 248 g/mol. The van der Waals surface area contributed by atoms with Gasteiger partial charge in [-0.1, -0.05) is 12.5 Å². The highest BCUT2D eigenvalue weighted by Crippen LogP contribution is 2.27. The van der Waals surface area contributed by atoms with Crippen molar-refractivity contribution in [3.8, 4) is 0 Å². The van der Waals surface area contributed by atoms with E-state index in [1.807, 2.05) is 5.01 Å². The summed E-state index contributed by atoms with van der Waals surface area (Å²) in [5.41, 5.74) is 3.74. The van der Waals surface area contributed by atoms with Gasteiger partial charge in [-0.05, 0) is 18.9 Å². The van der Waals surface area contributed by atoms with Gasteiger partial charge in [0.05, 0.1) is 4.92 Å². The molecule has 0 radical (unpaired) electrons. The lowest BCUT2D eigenvalue weighted by molar-refractivity contribution is -0.383. The van der Waals surface area contributed by atoms with Crippen LogP contribution in [0.25, 0.3) is 11.1 Å². The van der Waals surface area contributed by atoms with E-state index in [4.69, 9.17) is 4.42 Å². The molecule has 1 N–H and O–H groups in total. The van der Waals surface area contributed by atoms with Crippen LogP contribution in [0.4, 0.5) is 11.7 Å². The molecule has 100 valence electrons. The molecule has 19 heavy (non-hydrogen) atoms. The quantitative estimate of drug-likeness (QED) is 0.676. The smallest absolute Gasteiger partial charge is 0.310 e. The van der Waals surface area contributed by atoms with Crippen molar-refractivity contribution >= 4 is 22.8 Å². The van der Waals surface area contributed by atoms with Gasteiger partial charge in [-0.25, -0.2) is 5.01 Å². The topological polar surface area (TPSA) is 84.4 Å². The molecule has 1 aliphatic rings. The largest absolute Gasteiger partial charge is 0.422 e. The average Bonchev–Trinajstić information content (AvgIpc) is 2.81. The second kappa shape index (κ2) is 4.85. The van der Waals surface area contributed by atoms with Crippen molar-refractivity contribution in [2.45, 2.75) is 19.3 Å². The Bertz CT molecular complexity index is 604. The van der Waals surface area contributed by atoms with Gasteiger partial charge in [0, 0.05) is 19.2 Å². The van der Waals surface area contributed by atoms with Crippen LogP contribution < -0.4 is 5.43 Å². The fraction of sp³-hybridized carbons (Fsp3) is 0.417. The molecule has 3 rings (SSSR count). The van der Waals surface area contributed by atoms with Crippen molar-refractivity contribution in [3.05, 3.63) is 28.3 Å². The predicted octanol–water partition coefficient (Wildman–Crippen LogP) is 2.55. The molecule has 7 heteroatoms. The number of nitrogens with one attached hydrogen (secondary N) is 1. The minimum atomic E-state index is -0.449. The summed E-state index contributed by atoms with van der Waals surface area (Å²) >= 11 is 0. The van der Waals surface area contributed by atoms with Gasteiger partial charge < -0.3 is 4.42 Å². The predicted molar refractivity (Wildman–Crippen MR) is 69.7 cm³/mol. The molecule has 1 aromatic heterocycles. The van der Waals surface area contributed by atoms with Crippen molar-refractivity contribution in [3.63, 3.8) is 0 Å². The lowest BCUT2D eigenvalue weighted by Gasteiger charge is -2.25. The number of hydrogen-bond acceptors (Lipinski definition) is 6. The van der Waals surface area contributed by atoms with Gasteiger partial charge in [-0.15, -0.1) is 0 Å². The zero-order valence-electron chi connectivity index (χ0n) is 10.3. The Balaban J connectivity index is 1.88. The first-order valence-electron chi connectivity index (χ1n) is 6.29. The monoisotopic (exact) mass is 262 g/mol. The number of para-hydroxylation sites is 1. The van der Waals surface area contributed by atoms with Crippen LogP contribution in [0.3, 0.4) is 0 Å². The molecule has 0 spiro atoms. The first kappa shape index (κ1) is 11.9. The second-order valence-corrected chi connectivity index (χ2v) is 4.56. The lowest BCUT2D eigenvalue weighted by Crippen LogP contribution is -2.34. The number of oxazole rings is 1. The maximum Gasteiger partial charge on any atom is 0.310 e. The van der Waals surface area contributed by atoms with Crippen LogP contribution in [-0.2, 0) is 0 Å². The Morgan fingerprint density at radius 3 is 2.84 bits per heavy atom. The number of piperidine rings is 1. The Morgan fingerprint density at radius 2 is 2.11 bits per heavy atom. The van der Waals surface area contributed by atoms with E-state index in [1.165, 1.54) is 12.5 Å². The Labute approximate surface area is 109 Å². The first-order valence-corrected chi connectivity index (χ1v) is 6.29. The fourth-order valence-electron chi connectivity index (χ4n) is 2.27. The van der Waals surface area contributed by atoms with Crippen LogP contribution in [0.1, 0.15) is 19.3 Å². The van der Waals surface area contributed by atoms with Crippen LogP contribution >= 0.6 is 0 Å². The zero-order chi connectivity index (χ0) is 13.2. The van der Waals surface area contributed by atoms with Crippen LogP contribution in [-0.4, -0.2) is 28.0 Å². The highest BCUT2D eigenvalue weighted by atomic mass is 16.6. The standard InChI is InChI=1S/C12H14N4O3/c17-16(18)9-5-4-6-10-11(9)13-12(19-10)14-15-7-2-1-3-8-15/h4-6H,1-3,7-8H2,(H,13,14). The number of hydrazine groups is 1. The molecular formula is C12H14N4O3. The number of nitro groups is 1. The maximum absolute atomic E-state index is 10.9. The molecule has 1 saturated heterocycles. The lowest BCUT2D eigenvalue weighted by atomic mass is 10.2. The Morgan fingerprint density at radius 1 is 1.32 bits per heavy atom. The minimum Gasteiger partial charge on any atom is -0.422 e. The zero-order valence-corrected chi connectivity index (χ0v) is 10.3. The number of benzene rings is 1. The number of rotatable bonds is 3. The summed E-state index contributed by atoms with van der Waals surface area (Å²) < 4.78 is 5.49. The van der Waals surface area contributed by atoms with Gasteiger partial charge >= 0.3 is 6.01 Å². The van der Waals surface area contributed by atoms with Crippen molar-refractivity contribution in [1.29, 1.82) is 0 Å². The summed E-state index contributed by atoms with van der Waals surface area (Å²) in [6.07, 6.45) is 3.50. The number of non-ortho nitro benzene ring substituents is 1. The van der Waals surface area contributed by atoms with Gasteiger partial charge in [0.2, 0.25) is 0 Å². The van der Waals surface area contributed by atoms with Crippen molar-refractivity contribution < 1.29 is 9.34 Å². The number of aromatic nitrogens is 1. The molecule has 0 amide bonds. The first-order chi connectivity index (χ1) is 9.24. The molecule has 1 fully saturated rings. The van der Waals surface area contributed by atoms with E-state index in [-0.39, 0.29) is 11.2 Å². The van der Waals surface area contributed by atoms with Gasteiger partial charge in [0.15, 0.2) is 11.1 Å². The molecule has 7 nitrogen and oxygen atoms in total. The van der Waals surface area contributed by atoms with Gasteiger partial charge in [0.1, 0.15) is 0 Å². The van der Waals surface area contributed by atoms with Crippen LogP contribution in [0, 0.1) is 10.1 Å².